The highest BCUT2D eigenvalue weighted by atomic mass is 32.2. The number of hydrogen-bond acceptors (Lipinski definition) is 4. The van der Waals surface area contributed by atoms with Crippen molar-refractivity contribution in [2.45, 2.75) is 5.03 Å². The lowest BCUT2D eigenvalue weighted by Gasteiger charge is -2.28. The number of nitrogens with one attached hydrogen (secondary N) is 1. The maximum absolute atomic E-state index is 12.6. The van der Waals surface area contributed by atoms with E-state index in [0.29, 0.717) is 0 Å². The van der Waals surface area contributed by atoms with Crippen molar-refractivity contribution in [2.75, 3.05) is 26.2 Å². The Labute approximate surface area is 120 Å². The topological polar surface area (TPSA) is 49.6 Å². The number of aromatic nitrogens is 2. The number of nitrogens with zero attached hydrogens (tertiary/aromatic N) is 3. The molecule has 0 atom stereocenters. The number of carbonyl (C=O) groups is 1. The molecule has 1 saturated heterocycles. The summed E-state index contributed by atoms with van der Waals surface area (Å²) < 4.78 is 2.08. The molecule has 1 N–H and O–H groups in total. The first-order valence-electron chi connectivity index (χ1n) is 6.69. The third-order valence-corrected chi connectivity index (χ3v) is 4.67. The van der Waals surface area contributed by atoms with Crippen LogP contribution in [0.25, 0.3) is 11.7 Å². The van der Waals surface area contributed by atoms with Crippen molar-refractivity contribution < 1.29 is 4.79 Å². The van der Waals surface area contributed by atoms with E-state index in [9.17, 15) is 4.79 Å². The minimum atomic E-state index is 0.126. The van der Waals surface area contributed by atoms with Gasteiger partial charge in [-0.05, 0) is 18.2 Å². The molecule has 0 bridgehead atoms. The van der Waals surface area contributed by atoms with E-state index in [-0.39, 0.29) is 5.91 Å². The molecule has 20 heavy (non-hydrogen) atoms. The van der Waals surface area contributed by atoms with Crippen molar-refractivity contribution in [3.05, 3.63) is 35.0 Å². The fourth-order valence-electron chi connectivity index (χ4n) is 2.62. The van der Waals surface area contributed by atoms with Gasteiger partial charge < -0.3 is 10.2 Å². The number of imidazole rings is 1. The molecule has 2 aromatic heterocycles. The maximum atomic E-state index is 12.6. The zero-order valence-corrected chi connectivity index (χ0v) is 11.7. The summed E-state index contributed by atoms with van der Waals surface area (Å²) in [5.41, 5.74) is 1.91. The normalized spacial score (nSPS) is 18.2. The molecule has 102 valence electrons. The van der Waals surface area contributed by atoms with E-state index in [1.807, 2.05) is 35.4 Å². The molecule has 2 aliphatic heterocycles. The number of rotatable bonds is 1. The molecule has 0 aliphatic carbocycles. The van der Waals surface area contributed by atoms with Gasteiger partial charge in [-0.15, -0.1) is 0 Å². The Hall–Kier alpha value is -1.79. The number of carbonyl (C=O) groups excluding carboxylic acids is 1. The van der Waals surface area contributed by atoms with Crippen molar-refractivity contribution in [3.8, 4) is 0 Å². The van der Waals surface area contributed by atoms with Gasteiger partial charge in [0.05, 0.1) is 21.8 Å². The van der Waals surface area contributed by atoms with Crippen LogP contribution in [0.5, 0.6) is 0 Å². The molecular weight excluding hydrogens is 272 g/mol. The summed E-state index contributed by atoms with van der Waals surface area (Å²) in [5, 5.41) is 4.32. The Morgan fingerprint density at radius 1 is 1.30 bits per heavy atom. The van der Waals surface area contributed by atoms with Gasteiger partial charge in [-0.3, -0.25) is 9.20 Å². The highest BCUT2D eigenvalue weighted by Gasteiger charge is 2.24. The third kappa shape index (κ3) is 1.83. The van der Waals surface area contributed by atoms with Gasteiger partial charge in [0, 0.05) is 26.2 Å². The third-order valence-electron chi connectivity index (χ3n) is 3.63. The van der Waals surface area contributed by atoms with Crippen LogP contribution in [0.3, 0.4) is 0 Å². The van der Waals surface area contributed by atoms with Gasteiger partial charge in [0.15, 0.2) is 0 Å². The second-order valence-corrected chi connectivity index (χ2v) is 5.96. The quantitative estimate of drug-likeness (QED) is 0.856. The van der Waals surface area contributed by atoms with E-state index in [1.165, 1.54) is 11.8 Å². The Kier molecular flexibility index (Phi) is 2.78. The molecule has 0 unspecified atom stereocenters. The molecule has 5 nitrogen and oxygen atoms in total. The number of amides is 1. The molecule has 1 fully saturated rings. The van der Waals surface area contributed by atoms with Crippen molar-refractivity contribution in [1.29, 1.82) is 0 Å². The van der Waals surface area contributed by atoms with Crippen LogP contribution in [0.1, 0.15) is 5.69 Å². The van der Waals surface area contributed by atoms with E-state index in [1.54, 1.807) is 0 Å². The second kappa shape index (κ2) is 4.64. The van der Waals surface area contributed by atoms with Crippen molar-refractivity contribution in [2.24, 2.45) is 0 Å². The van der Waals surface area contributed by atoms with Crippen molar-refractivity contribution in [3.63, 3.8) is 0 Å². The lowest BCUT2D eigenvalue weighted by molar-refractivity contribution is -0.126. The van der Waals surface area contributed by atoms with Crippen LogP contribution in [0.4, 0.5) is 0 Å². The molecule has 0 saturated carbocycles. The predicted molar refractivity (Wildman–Crippen MR) is 78.5 cm³/mol. The Bertz CT molecular complexity index is 715. The van der Waals surface area contributed by atoms with Crippen LogP contribution < -0.4 is 5.32 Å². The average Bonchev–Trinajstić information content (AvgIpc) is 2.92. The number of hydrogen-bond donors (Lipinski definition) is 1. The van der Waals surface area contributed by atoms with Crippen molar-refractivity contribution >= 4 is 29.4 Å². The van der Waals surface area contributed by atoms with E-state index in [4.69, 9.17) is 0 Å². The average molecular weight is 286 g/mol. The summed E-state index contributed by atoms with van der Waals surface area (Å²) in [5.74, 6) is 0.126. The largest absolute Gasteiger partial charge is 0.336 e. The minimum Gasteiger partial charge on any atom is -0.336 e. The highest BCUT2D eigenvalue weighted by Crippen LogP contribution is 2.35. The monoisotopic (exact) mass is 286 g/mol. The zero-order chi connectivity index (χ0) is 13.5. The smallest absolute Gasteiger partial charge is 0.260 e. The number of piperazine rings is 1. The van der Waals surface area contributed by atoms with Gasteiger partial charge in [-0.1, -0.05) is 17.8 Å². The SMILES string of the molecule is O=C(C1=Cc2cnc3cccc(n23)S1)N1CCNCC1. The Morgan fingerprint density at radius 3 is 3.00 bits per heavy atom. The molecule has 6 heteroatoms. The lowest BCUT2D eigenvalue weighted by Crippen LogP contribution is -2.46. The van der Waals surface area contributed by atoms with Crippen LogP contribution in [-0.2, 0) is 4.79 Å². The Balaban J connectivity index is 1.71. The van der Waals surface area contributed by atoms with E-state index >= 15 is 0 Å². The van der Waals surface area contributed by atoms with Crippen LogP contribution in [0.15, 0.2) is 34.3 Å². The van der Waals surface area contributed by atoms with Gasteiger partial charge in [-0.25, -0.2) is 4.98 Å². The number of pyridine rings is 1. The molecule has 2 aliphatic rings. The minimum absolute atomic E-state index is 0.126. The first kappa shape index (κ1) is 12.0. The molecule has 1 amide bonds. The summed E-state index contributed by atoms with van der Waals surface area (Å²) in [7, 11) is 0. The zero-order valence-electron chi connectivity index (χ0n) is 10.9. The molecule has 2 aromatic rings. The van der Waals surface area contributed by atoms with E-state index in [0.717, 1.165) is 47.5 Å². The van der Waals surface area contributed by atoms with Crippen LogP contribution in [-0.4, -0.2) is 46.4 Å². The molecular formula is C14H14N4OS. The van der Waals surface area contributed by atoms with Gasteiger partial charge in [0.2, 0.25) is 0 Å². The molecule has 4 heterocycles. The number of thioether (sulfide) groups is 1. The maximum Gasteiger partial charge on any atom is 0.260 e. The standard InChI is InChI=1S/C14H14N4OS/c19-14(17-6-4-15-5-7-17)11-8-10-9-16-12-2-1-3-13(20-11)18(10)12/h1-3,8-9,15H,4-7H2. The summed E-state index contributed by atoms with van der Waals surface area (Å²) in [6.45, 7) is 3.30. The fraction of sp³-hybridized carbons (Fsp3) is 0.286. The lowest BCUT2D eigenvalue weighted by atomic mass is 10.3. The molecule has 0 spiro atoms. The summed E-state index contributed by atoms with van der Waals surface area (Å²) in [4.78, 5) is 19.7. The van der Waals surface area contributed by atoms with Crippen LogP contribution >= 0.6 is 11.8 Å². The molecule has 0 aromatic carbocycles. The molecule has 4 rings (SSSR count). The van der Waals surface area contributed by atoms with E-state index < -0.39 is 0 Å². The second-order valence-electron chi connectivity index (χ2n) is 4.89. The predicted octanol–water partition coefficient (Wildman–Crippen LogP) is 1.21. The van der Waals surface area contributed by atoms with Gasteiger partial charge in [-0.2, -0.15) is 0 Å². The van der Waals surface area contributed by atoms with Gasteiger partial charge >= 0.3 is 0 Å². The van der Waals surface area contributed by atoms with Gasteiger partial charge in [0.1, 0.15) is 5.65 Å². The first-order valence-corrected chi connectivity index (χ1v) is 7.50. The summed E-state index contributed by atoms with van der Waals surface area (Å²) in [6.07, 6.45) is 3.77. The fourth-order valence-corrected chi connectivity index (χ4v) is 3.67. The highest BCUT2D eigenvalue weighted by molar-refractivity contribution is 8.04. The van der Waals surface area contributed by atoms with Gasteiger partial charge in [0.25, 0.3) is 5.91 Å². The molecule has 0 radical (unpaired) electrons. The van der Waals surface area contributed by atoms with Crippen LogP contribution in [0.2, 0.25) is 0 Å². The summed E-state index contributed by atoms with van der Waals surface area (Å²) >= 11 is 1.53. The van der Waals surface area contributed by atoms with E-state index in [2.05, 4.69) is 14.7 Å². The van der Waals surface area contributed by atoms with Crippen molar-refractivity contribution in [1.82, 2.24) is 19.6 Å². The van der Waals surface area contributed by atoms with Crippen LogP contribution in [0, 0.1) is 0 Å². The first-order chi connectivity index (χ1) is 9.83. The summed E-state index contributed by atoms with van der Waals surface area (Å²) in [6, 6.07) is 5.98. The Morgan fingerprint density at radius 2 is 2.15 bits per heavy atom.